The fourth-order valence-electron chi connectivity index (χ4n) is 1.22. The van der Waals surface area contributed by atoms with Gasteiger partial charge in [-0.3, -0.25) is 0 Å². The summed E-state index contributed by atoms with van der Waals surface area (Å²) in [7, 11) is 1.56. The van der Waals surface area contributed by atoms with E-state index < -0.39 is 17.9 Å². The molecule has 1 atom stereocenters. The predicted molar refractivity (Wildman–Crippen MR) is 50.7 cm³/mol. The highest BCUT2D eigenvalue weighted by Crippen LogP contribution is 2.26. The molecule has 0 aliphatic rings. The van der Waals surface area contributed by atoms with E-state index >= 15 is 0 Å². The van der Waals surface area contributed by atoms with Crippen molar-refractivity contribution in [2.45, 2.75) is 19.5 Å². The number of oxime groups is 1. The van der Waals surface area contributed by atoms with Gasteiger partial charge in [-0.05, 0) is 20.0 Å². The van der Waals surface area contributed by atoms with E-state index in [0.717, 1.165) is 6.42 Å². The molecule has 0 bridgehead atoms. The standard InChI is InChI=1S/C8H16F3N3O/c1-3-4-14(2)5-6(7(12)13-15)8(9,10)11/h6,15H,3-5H2,1-2H3,(H2,12,13). The molecule has 0 saturated heterocycles. The molecule has 0 spiro atoms. The minimum Gasteiger partial charge on any atom is -0.409 e. The van der Waals surface area contributed by atoms with E-state index in [1.807, 2.05) is 6.92 Å². The van der Waals surface area contributed by atoms with Gasteiger partial charge in [0.2, 0.25) is 0 Å². The molecule has 0 aliphatic heterocycles. The van der Waals surface area contributed by atoms with Crippen molar-refractivity contribution in [1.29, 1.82) is 0 Å². The first kappa shape index (κ1) is 14.0. The number of hydrogen-bond donors (Lipinski definition) is 2. The lowest BCUT2D eigenvalue weighted by molar-refractivity contribution is -0.159. The number of nitrogens with two attached hydrogens (primary N) is 1. The lowest BCUT2D eigenvalue weighted by Gasteiger charge is -2.24. The average molecular weight is 227 g/mol. The van der Waals surface area contributed by atoms with Gasteiger partial charge in [-0.1, -0.05) is 12.1 Å². The van der Waals surface area contributed by atoms with Crippen LogP contribution >= 0.6 is 0 Å². The molecule has 1 unspecified atom stereocenters. The molecule has 0 rings (SSSR count). The average Bonchev–Trinajstić information content (AvgIpc) is 2.12. The van der Waals surface area contributed by atoms with Crippen molar-refractivity contribution in [1.82, 2.24) is 4.90 Å². The van der Waals surface area contributed by atoms with Gasteiger partial charge in [0.25, 0.3) is 0 Å². The highest BCUT2D eigenvalue weighted by Gasteiger charge is 2.43. The molecule has 7 heteroatoms. The molecule has 0 aliphatic carbocycles. The topological polar surface area (TPSA) is 61.8 Å². The van der Waals surface area contributed by atoms with Crippen LogP contribution in [-0.2, 0) is 0 Å². The first-order chi connectivity index (χ1) is 6.82. The lowest BCUT2D eigenvalue weighted by atomic mass is 10.1. The van der Waals surface area contributed by atoms with Crippen LogP contribution in [0.4, 0.5) is 13.2 Å². The number of hydrogen-bond acceptors (Lipinski definition) is 3. The first-order valence-corrected chi connectivity index (χ1v) is 4.55. The molecule has 90 valence electrons. The highest BCUT2D eigenvalue weighted by molar-refractivity contribution is 5.83. The molecule has 3 N–H and O–H groups in total. The van der Waals surface area contributed by atoms with Gasteiger partial charge in [0.05, 0.1) is 0 Å². The van der Waals surface area contributed by atoms with Gasteiger partial charge in [0, 0.05) is 6.54 Å². The molecule has 0 amide bonds. The zero-order valence-corrected chi connectivity index (χ0v) is 8.75. The fourth-order valence-corrected chi connectivity index (χ4v) is 1.22. The van der Waals surface area contributed by atoms with Gasteiger partial charge in [0.1, 0.15) is 5.92 Å². The van der Waals surface area contributed by atoms with Crippen LogP contribution in [0.1, 0.15) is 13.3 Å². The molecular formula is C8H16F3N3O. The summed E-state index contributed by atoms with van der Waals surface area (Å²) in [5.74, 6) is -2.72. The third-order valence-electron chi connectivity index (χ3n) is 1.97. The molecule has 0 aromatic heterocycles. The Morgan fingerprint density at radius 3 is 2.40 bits per heavy atom. The smallest absolute Gasteiger partial charge is 0.400 e. The molecule has 4 nitrogen and oxygen atoms in total. The van der Waals surface area contributed by atoms with Gasteiger partial charge in [-0.15, -0.1) is 0 Å². The maximum atomic E-state index is 12.5. The molecule has 0 saturated carbocycles. The van der Waals surface area contributed by atoms with E-state index in [-0.39, 0.29) is 6.54 Å². The van der Waals surface area contributed by atoms with E-state index in [1.54, 1.807) is 7.05 Å². The SMILES string of the molecule is CCCN(C)CC(C(N)=NO)C(F)(F)F. The Kier molecular flexibility index (Phi) is 5.41. The number of amidine groups is 1. The summed E-state index contributed by atoms with van der Waals surface area (Å²) < 4.78 is 37.4. The summed E-state index contributed by atoms with van der Waals surface area (Å²) in [5, 5.41) is 10.7. The summed E-state index contributed by atoms with van der Waals surface area (Å²) in [6, 6.07) is 0. The largest absolute Gasteiger partial charge is 0.409 e. The highest BCUT2D eigenvalue weighted by atomic mass is 19.4. The molecule has 0 fully saturated rings. The maximum Gasteiger partial charge on any atom is 0.400 e. The van der Waals surface area contributed by atoms with Crippen LogP contribution in [0.15, 0.2) is 5.16 Å². The zero-order valence-electron chi connectivity index (χ0n) is 8.75. The molecule has 0 aromatic carbocycles. The monoisotopic (exact) mass is 227 g/mol. The Balaban J connectivity index is 4.53. The number of rotatable bonds is 5. The van der Waals surface area contributed by atoms with Gasteiger partial charge in [-0.2, -0.15) is 13.2 Å². The summed E-state index contributed by atoms with van der Waals surface area (Å²) in [5.41, 5.74) is 5.00. The maximum absolute atomic E-state index is 12.5. The second kappa shape index (κ2) is 5.79. The van der Waals surface area contributed by atoms with E-state index in [9.17, 15) is 13.2 Å². The van der Waals surface area contributed by atoms with Crippen molar-refractivity contribution in [3.63, 3.8) is 0 Å². The van der Waals surface area contributed by atoms with E-state index in [2.05, 4.69) is 5.16 Å². The quantitative estimate of drug-likeness (QED) is 0.321. The molecule has 0 aromatic rings. The normalized spacial score (nSPS) is 15.7. The molecule has 0 heterocycles. The minimum absolute atomic E-state index is 0.298. The van der Waals surface area contributed by atoms with Gasteiger partial charge in [-0.25, -0.2) is 0 Å². The van der Waals surface area contributed by atoms with Crippen LogP contribution in [0.25, 0.3) is 0 Å². The fraction of sp³-hybridized carbons (Fsp3) is 0.875. The summed E-state index contributed by atoms with van der Waals surface area (Å²) in [6.07, 6.45) is -3.74. The number of halogens is 3. The van der Waals surface area contributed by atoms with E-state index in [0.29, 0.717) is 6.54 Å². The second-order valence-electron chi connectivity index (χ2n) is 3.38. The van der Waals surface area contributed by atoms with Crippen molar-refractivity contribution in [2.24, 2.45) is 16.8 Å². The van der Waals surface area contributed by atoms with Crippen LogP contribution in [0.3, 0.4) is 0 Å². The second-order valence-corrected chi connectivity index (χ2v) is 3.38. The molecule has 0 radical (unpaired) electrons. The predicted octanol–water partition coefficient (Wildman–Crippen LogP) is 1.25. The minimum atomic E-state index is -4.49. The first-order valence-electron chi connectivity index (χ1n) is 4.55. The van der Waals surface area contributed by atoms with Crippen molar-refractivity contribution < 1.29 is 18.4 Å². The van der Waals surface area contributed by atoms with Crippen molar-refractivity contribution >= 4 is 5.84 Å². The third-order valence-corrected chi connectivity index (χ3v) is 1.97. The third kappa shape index (κ3) is 4.87. The lowest BCUT2D eigenvalue weighted by Crippen LogP contribution is -2.43. The Bertz CT molecular complexity index is 218. The Morgan fingerprint density at radius 2 is 2.07 bits per heavy atom. The molecular weight excluding hydrogens is 211 g/mol. The zero-order chi connectivity index (χ0) is 12.1. The van der Waals surface area contributed by atoms with Gasteiger partial charge in [0.15, 0.2) is 5.84 Å². The van der Waals surface area contributed by atoms with Gasteiger partial charge < -0.3 is 15.8 Å². The number of nitrogens with zero attached hydrogens (tertiary/aromatic N) is 2. The molecule has 15 heavy (non-hydrogen) atoms. The Morgan fingerprint density at radius 1 is 1.53 bits per heavy atom. The van der Waals surface area contributed by atoms with Crippen LogP contribution in [0.5, 0.6) is 0 Å². The van der Waals surface area contributed by atoms with Crippen LogP contribution in [-0.4, -0.2) is 42.3 Å². The van der Waals surface area contributed by atoms with Crippen molar-refractivity contribution in [3.8, 4) is 0 Å². The van der Waals surface area contributed by atoms with Crippen LogP contribution in [0.2, 0.25) is 0 Å². The van der Waals surface area contributed by atoms with Crippen LogP contribution < -0.4 is 5.73 Å². The van der Waals surface area contributed by atoms with Crippen molar-refractivity contribution in [2.75, 3.05) is 20.1 Å². The summed E-state index contributed by atoms with van der Waals surface area (Å²) >= 11 is 0. The van der Waals surface area contributed by atoms with Gasteiger partial charge >= 0.3 is 6.18 Å². The van der Waals surface area contributed by atoms with E-state index in [1.165, 1.54) is 4.90 Å². The Hall–Kier alpha value is -0.980. The van der Waals surface area contributed by atoms with Crippen molar-refractivity contribution in [3.05, 3.63) is 0 Å². The summed E-state index contributed by atoms with van der Waals surface area (Å²) in [6.45, 7) is 2.10. The Labute approximate surface area is 86.5 Å². The summed E-state index contributed by atoms with van der Waals surface area (Å²) in [4.78, 5) is 1.50. The van der Waals surface area contributed by atoms with E-state index in [4.69, 9.17) is 10.9 Å². The van der Waals surface area contributed by atoms with Crippen LogP contribution in [0, 0.1) is 5.92 Å². The number of alkyl halides is 3.